The molecule has 1 saturated carbocycles. The Hall–Kier alpha value is -1.69. The average Bonchev–Trinajstić information content (AvgIpc) is 2.72. The molecule has 1 aliphatic carbocycles. The van der Waals surface area contributed by atoms with Crippen LogP contribution in [-0.4, -0.2) is 39.5 Å². The number of aromatic nitrogens is 2. The molecular weight excluding hydrogens is 232 g/mol. The van der Waals surface area contributed by atoms with Crippen LogP contribution in [0.2, 0.25) is 0 Å². The number of hydrogen-bond donors (Lipinski definition) is 1. The van der Waals surface area contributed by atoms with Crippen LogP contribution in [0.4, 0.5) is 4.79 Å². The quantitative estimate of drug-likeness (QED) is 0.747. The van der Waals surface area contributed by atoms with Gasteiger partial charge in [0.15, 0.2) is 5.78 Å². The molecule has 0 radical (unpaired) electrons. The van der Waals surface area contributed by atoms with Crippen LogP contribution in [0.1, 0.15) is 36.5 Å². The van der Waals surface area contributed by atoms with Crippen LogP contribution in [0.3, 0.4) is 0 Å². The van der Waals surface area contributed by atoms with E-state index in [1.165, 1.54) is 22.8 Å². The van der Waals surface area contributed by atoms with E-state index in [0.717, 1.165) is 12.1 Å². The number of amides is 1. The highest BCUT2D eigenvalue weighted by Gasteiger charge is 2.53. The number of carbonyl (C=O) groups is 2. The van der Waals surface area contributed by atoms with Crippen molar-refractivity contribution in [3.05, 3.63) is 17.7 Å². The molecule has 0 saturated heterocycles. The van der Waals surface area contributed by atoms with E-state index in [1.54, 1.807) is 7.05 Å². The lowest BCUT2D eigenvalue weighted by Crippen LogP contribution is -2.46. The number of Topliss-reactive ketones (excluding diaryl/α,β-unsaturated/α-hetero) is 1. The van der Waals surface area contributed by atoms with Gasteiger partial charge >= 0.3 is 6.03 Å². The number of imidazole rings is 1. The van der Waals surface area contributed by atoms with Gasteiger partial charge in [0.05, 0.1) is 5.69 Å². The summed E-state index contributed by atoms with van der Waals surface area (Å²) in [6.45, 7) is 3.65. The molecule has 96 valence electrons. The summed E-state index contributed by atoms with van der Waals surface area (Å²) in [5, 5.41) is 1.48. The smallest absolute Gasteiger partial charge is 0.293 e. The number of hydrazine groups is 1. The number of rotatable bonds is 1. The normalized spacial score (nSPS) is 30.3. The summed E-state index contributed by atoms with van der Waals surface area (Å²) in [6.07, 6.45) is 3.16. The van der Waals surface area contributed by atoms with E-state index >= 15 is 0 Å². The molecule has 0 bridgehead atoms. The second-order valence-corrected chi connectivity index (χ2v) is 5.52. The highest BCUT2D eigenvalue weighted by molar-refractivity contribution is 5.94. The molecule has 18 heavy (non-hydrogen) atoms. The molecule has 1 aliphatic heterocycles. The van der Waals surface area contributed by atoms with E-state index in [0.29, 0.717) is 18.2 Å². The van der Waals surface area contributed by atoms with Crippen molar-refractivity contribution in [3.8, 4) is 0 Å². The number of fused-ring (bicyclic) bond motifs is 2. The first-order chi connectivity index (χ1) is 8.42. The average molecular weight is 248 g/mol. The first-order valence-corrected chi connectivity index (χ1v) is 6.04. The fourth-order valence-corrected chi connectivity index (χ4v) is 2.64. The van der Waals surface area contributed by atoms with Gasteiger partial charge < -0.3 is 0 Å². The van der Waals surface area contributed by atoms with Crippen molar-refractivity contribution in [2.24, 2.45) is 5.41 Å². The van der Waals surface area contributed by atoms with Gasteiger partial charge in [-0.05, 0) is 18.3 Å². The zero-order chi connectivity index (χ0) is 13.1. The van der Waals surface area contributed by atoms with E-state index in [4.69, 9.17) is 0 Å². The largest absolute Gasteiger partial charge is 0.343 e. The van der Waals surface area contributed by atoms with Crippen molar-refractivity contribution in [2.75, 3.05) is 7.05 Å². The van der Waals surface area contributed by atoms with Gasteiger partial charge in [0, 0.05) is 20.0 Å². The van der Waals surface area contributed by atoms with Crippen molar-refractivity contribution in [1.82, 2.24) is 20.0 Å². The Morgan fingerprint density at radius 1 is 1.61 bits per heavy atom. The SMILES string of the molecule is CC(=O)c1ncn2c1CC1(C)CC1NN(C)C2=O. The van der Waals surface area contributed by atoms with Gasteiger partial charge in [0.1, 0.15) is 12.0 Å². The first-order valence-electron chi connectivity index (χ1n) is 6.04. The summed E-state index contributed by atoms with van der Waals surface area (Å²) < 4.78 is 1.48. The third kappa shape index (κ3) is 1.49. The van der Waals surface area contributed by atoms with E-state index in [2.05, 4.69) is 17.3 Å². The standard InChI is InChI=1S/C12H16N4O2/c1-7(17)10-8-4-12(2)5-9(12)14-15(3)11(18)16(8)6-13-10/h6,9,14H,4-5H2,1-3H3. The van der Waals surface area contributed by atoms with E-state index in [1.807, 2.05) is 0 Å². The Bertz CT molecular complexity index is 550. The van der Waals surface area contributed by atoms with Gasteiger partial charge in [0.2, 0.25) is 0 Å². The molecular formula is C12H16N4O2. The van der Waals surface area contributed by atoms with Crippen LogP contribution < -0.4 is 5.43 Å². The third-order valence-corrected chi connectivity index (χ3v) is 3.97. The molecule has 1 fully saturated rings. The second kappa shape index (κ2) is 3.41. The summed E-state index contributed by atoms with van der Waals surface area (Å²) in [7, 11) is 1.70. The molecule has 1 amide bonds. The Morgan fingerprint density at radius 2 is 2.33 bits per heavy atom. The summed E-state index contributed by atoms with van der Waals surface area (Å²) in [6, 6.07) is 0.105. The molecule has 6 heteroatoms. The van der Waals surface area contributed by atoms with Crippen molar-refractivity contribution in [2.45, 2.75) is 32.7 Å². The minimum absolute atomic E-state index is 0.0893. The lowest BCUT2D eigenvalue weighted by Gasteiger charge is -2.25. The Balaban J connectivity index is 2.11. The maximum Gasteiger partial charge on any atom is 0.343 e. The lowest BCUT2D eigenvalue weighted by atomic mass is 9.99. The van der Waals surface area contributed by atoms with Crippen LogP contribution in [0.5, 0.6) is 0 Å². The molecule has 2 heterocycles. The molecule has 0 aromatic carbocycles. The highest BCUT2D eigenvalue weighted by Crippen LogP contribution is 2.49. The molecule has 2 aliphatic rings. The molecule has 2 atom stereocenters. The fourth-order valence-electron chi connectivity index (χ4n) is 2.64. The molecule has 1 aromatic heterocycles. The number of nitrogens with one attached hydrogen (secondary N) is 1. The Morgan fingerprint density at radius 3 is 3.00 bits per heavy atom. The van der Waals surface area contributed by atoms with Crippen LogP contribution in [-0.2, 0) is 6.42 Å². The van der Waals surface area contributed by atoms with Gasteiger partial charge in [-0.15, -0.1) is 0 Å². The summed E-state index contributed by atoms with van der Waals surface area (Å²) in [5.41, 5.74) is 4.45. The van der Waals surface area contributed by atoms with Crippen molar-refractivity contribution in [1.29, 1.82) is 0 Å². The van der Waals surface area contributed by atoms with Gasteiger partial charge in [-0.2, -0.15) is 0 Å². The third-order valence-electron chi connectivity index (χ3n) is 3.97. The van der Waals surface area contributed by atoms with Crippen LogP contribution in [0.25, 0.3) is 0 Å². The molecule has 2 unspecified atom stereocenters. The Kier molecular flexibility index (Phi) is 2.16. The van der Waals surface area contributed by atoms with E-state index < -0.39 is 0 Å². The summed E-state index contributed by atoms with van der Waals surface area (Å²) in [4.78, 5) is 27.8. The van der Waals surface area contributed by atoms with E-state index in [9.17, 15) is 9.59 Å². The van der Waals surface area contributed by atoms with Crippen LogP contribution in [0.15, 0.2) is 6.33 Å². The topological polar surface area (TPSA) is 67.2 Å². The number of carbonyl (C=O) groups excluding carboxylic acids is 2. The zero-order valence-corrected chi connectivity index (χ0v) is 10.7. The second-order valence-electron chi connectivity index (χ2n) is 5.52. The zero-order valence-electron chi connectivity index (χ0n) is 10.7. The maximum absolute atomic E-state index is 12.2. The van der Waals surface area contributed by atoms with Gasteiger partial charge in [0.25, 0.3) is 0 Å². The summed E-state index contributed by atoms with van der Waals surface area (Å²) >= 11 is 0. The minimum atomic E-state index is -0.195. The van der Waals surface area contributed by atoms with Gasteiger partial charge in [-0.3, -0.25) is 14.4 Å². The predicted molar refractivity (Wildman–Crippen MR) is 64.1 cm³/mol. The van der Waals surface area contributed by atoms with Crippen LogP contribution in [0, 0.1) is 5.41 Å². The monoisotopic (exact) mass is 248 g/mol. The fraction of sp³-hybridized carbons (Fsp3) is 0.583. The van der Waals surface area contributed by atoms with Crippen molar-refractivity contribution >= 4 is 11.8 Å². The number of nitrogens with zero attached hydrogens (tertiary/aromatic N) is 3. The molecule has 6 nitrogen and oxygen atoms in total. The van der Waals surface area contributed by atoms with Crippen molar-refractivity contribution in [3.63, 3.8) is 0 Å². The van der Waals surface area contributed by atoms with Gasteiger partial charge in [-0.25, -0.2) is 15.2 Å². The number of hydrogen-bond acceptors (Lipinski definition) is 4. The molecule has 1 N–H and O–H groups in total. The van der Waals surface area contributed by atoms with E-state index in [-0.39, 0.29) is 17.2 Å². The predicted octanol–water partition coefficient (Wildman–Crippen LogP) is 0.825. The number of ketones is 1. The van der Waals surface area contributed by atoms with Crippen molar-refractivity contribution < 1.29 is 9.59 Å². The Labute approximate surface area is 105 Å². The van der Waals surface area contributed by atoms with Crippen LogP contribution >= 0.6 is 0 Å². The minimum Gasteiger partial charge on any atom is -0.293 e. The van der Waals surface area contributed by atoms with Gasteiger partial charge in [-0.1, -0.05) is 6.92 Å². The lowest BCUT2D eigenvalue weighted by molar-refractivity contribution is 0.101. The molecule has 0 spiro atoms. The molecule has 1 aromatic rings. The highest BCUT2D eigenvalue weighted by atomic mass is 16.2. The molecule has 3 rings (SSSR count). The summed E-state index contributed by atoms with van der Waals surface area (Å²) in [5.74, 6) is -0.0893. The maximum atomic E-state index is 12.2. The first kappa shape index (κ1) is 11.4.